The maximum Gasteiger partial charge on any atom is 0.261 e. The molecule has 2 rings (SSSR count). The van der Waals surface area contributed by atoms with E-state index in [4.69, 9.17) is 28.0 Å². The number of nitrogens with zero attached hydrogens (tertiary/aromatic N) is 1. The quantitative estimate of drug-likeness (QED) is 0.0487. The molecule has 1 aliphatic heterocycles. The molecule has 0 aromatic heterocycles. The van der Waals surface area contributed by atoms with Crippen LogP contribution in [0.25, 0.3) is 0 Å². The van der Waals surface area contributed by atoms with E-state index in [-0.39, 0.29) is 30.7 Å². The van der Waals surface area contributed by atoms with Gasteiger partial charge in [0.05, 0.1) is 63.4 Å². The summed E-state index contributed by atoms with van der Waals surface area (Å²) in [7, 11) is -1.28. The first-order chi connectivity index (χ1) is 21.5. The Morgan fingerprint density at radius 2 is 1.31 bits per heavy atom. The molecule has 45 heavy (non-hydrogen) atoms. The number of aliphatic hydroxyl groups is 6. The normalized spacial score (nSPS) is 18.9. The molecule has 0 radical (unpaired) electrons. The molecule has 2 unspecified atom stereocenters. The van der Waals surface area contributed by atoms with E-state index < -0.39 is 89.2 Å². The lowest BCUT2D eigenvalue weighted by Gasteiger charge is -2.35. The summed E-state index contributed by atoms with van der Waals surface area (Å²) in [4.78, 5) is 26.5. The molecule has 1 aromatic carbocycles. The summed E-state index contributed by atoms with van der Waals surface area (Å²) in [6.45, 7) is 4.93. The van der Waals surface area contributed by atoms with Crippen molar-refractivity contribution in [2.75, 3.05) is 52.3 Å². The van der Waals surface area contributed by atoms with Crippen molar-refractivity contribution in [1.29, 1.82) is 0 Å². The average molecular weight is 666 g/mol. The molecule has 1 aliphatic rings. The Hall–Kier alpha value is -1.69. The fourth-order valence-corrected chi connectivity index (χ4v) is 5.77. The van der Waals surface area contributed by atoms with Crippen molar-refractivity contribution in [3.8, 4) is 0 Å². The van der Waals surface area contributed by atoms with Crippen molar-refractivity contribution in [3.63, 3.8) is 0 Å². The van der Waals surface area contributed by atoms with Crippen LogP contribution in [0.15, 0.2) is 24.3 Å². The van der Waals surface area contributed by atoms with Crippen LogP contribution >= 0.6 is 8.38 Å². The minimum absolute atomic E-state index is 0.158. The molecule has 2 amide bonds. The molecule has 1 aromatic rings. The lowest BCUT2D eigenvalue weighted by molar-refractivity contribution is -0.298. The Labute approximate surface area is 264 Å². The minimum atomic E-state index is -1.48. The maximum absolute atomic E-state index is 12.7. The smallest absolute Gasteiger partial charge is 0.261 e. The molecule has 8 atom stereocenters. The van der Waals surface area contributed by atoms with E-state index in [9.17, 15) is 40.2 Å². The second-order valence-corrected chi connectivity index (χ2v) is 11.8. The van der Waals surface area contributed by atoms with Crippen molar-refractivity contribution >= 4 is 20.2 Å². The highest BCUT2D eigenvalue weighted by Gasteiger charge is 2.37. The van der Waals surface area contributed by atoms with E-state index in [1.54, 1.807) is 24.3 Å². The highest BCUT2D eigenvalue weighted by atomic mass is 31.2. The predicted molar refractivity (Wildman–Crippen MR) is 160 cm³/mol. The van der Waals surface area contributed by atoms with Gasteiger partial charge in [-0.05, 0) is 46.2 Å². The number of hydrogen-bond acceptors (Lipinski definition) is 14. The zero-order valence-electron chi connectivity index (χ0n) is 26.1. The molecule has 0 fully saturated rings. The number of amides is 2. The maximum atomic E-state index is 12.7. The predicted octanol–water partition coefficient (Wildman–Crippen LogP) is -0.0186. The van der Waals surface area contributed by atoms with Gasteiger partial charge < -0.3 is 58.6 Å². The van der Waals surface area contributed by atoms with Crippen molar-refractivity contribution in [2.24, 2.45) is 0 Å². The van der Waals surface area contributed by atoms with Gasteiger partial charge >= 0.3 is 0 Å². The summed E-state index contributed by atoms with van der Waals surface area (Å²) in [5.41, 5.74) is 0.537. The first-order valence-electron chi connectivity index (χ1n) is 15.0. The molecule has 0 bridgehead atoms. The highest BCUT2D eigenvalue weighted by molar-refractivity contribution is 7.47. The number of benzene rings is 1. The second-order valence-electron chi connectivity index (χ2n) is 10.2. The number of aliphatic hydroxyl groups excluding tert-OH is 6. The molecule has 0 saturated heterocycles. The lowest BCUT2D eigenvalue weighted by atomic mass is 10.1. The van der Waals surface area contributed by atoms with Gasteiger partial charge in [0.2, 0.25) is 0 Å². The highest BCUT2D eigenvalue weighted by Crippen LogP contribution is 2.39. The molecule has 258 valence electrons. The Bertz CT molecular complexity index is 978. The molecular weight excluding hydrogens is 617 g/mol. The van der Waals surface area contributed by atoms with Gasteiger partial charge in [-0.15, -0.1) is 0 Å². The zero-order valence-corrected chi connectivity index (χ0v) is 27.0. The van der Waals surface area contributed by atoms with Crippen molar-refractivity contribution in [1.82, 2.24) is 4.90 Å². The van der Waals surface area contributed by atoms with E-state index >= 15 is 0 Å². The van der Waals surface area contributed by atoms with Crippen molar-refractivity contribution < 1.29 is 68.2 Å². The van der Waals surface area contributed by atoms with E-state index in [1.807, 2.05) is 13.8 Å². The molecule has 0 spiro atoms. The molecular formula is C29H48NO14P. The number of imide groups is 1. The van der Waals surface area contributed by atoms with Gasteiger partial charge in [0.25, 0.3) is 11.8 Å². The third kappa shape index (κ3) is 11.8. The Morgan fingerprint density at radius 1 is 0.778 bits per heavy atom. The van der Waals surface area contributed by atoms with E-state index in [1.165, 1.54) is 13.8 Å². The third-order valence-electron chi connectivity index (χ3n) is 6.77. The number of carbonyl (C=O) groups excluding carboxylic acids is 2. The Kier molecular flexibility index (Phi) is 18.0. The molecule has 15 nitrogen and oxygen atoms in total. The van der Waals surface area contributed by atoms with Gasteiger partial charge in [-0.3, -0.25) is 14.5 Å². The zero-order chi connectivity index (χ0) is 33.5. The van der Waals surface area contributed by atoms with E-state index in [0.29, 0.717) is 19.4 Å². The van der Waals surface area contributed by atoms with Crippen LogP contribution in [0, 0.1) is 0 Å². The molecule has 16 heteroatoms. The first-order valence-corrected chi connectivity index (χ1v) is 16.3. The number of fused-ring (bicyclic) bond motifs is 1. The second kappa shape index (κ2) is 20.5. The van der Waals surface area contributed by atoms with Gasteiger partial charge in [-0.1, -0.05) is 12.1 Å². The van der Waals surface area contributed by atoms with Crippen LogP contribution in [-0.4, -0.2) is 149 Å². The van der Waals surface area contributed by atoms with Crippen LogP contribution in [0.1, 0.15) is 54.8 Å². The SMILES string of the molecule is CCOP(CCC(O[C@H](O[C@H](C)[C@@H](OCCN1C(=O)c2ccccc2C1=O)OC(CO)[C@@H](O)CO)[C@@H](C)O)[C@@H](O)CO)OCC. The van der Waals surface area contributed by atoms with Crippen molar-refractivity contribution in [2.45, 2.75) is 83.3 Å². The van der Waals surface area contributed by atoms with E-state index in [2.05, 4.69) is 0 Å². The largest absolute Gasteiger partial charge is 0.394 e. The number of rotatable bonds is 24. The summed E-state index contributed by atoms with van der Waals surface area (Å²) >= 11 is 0. The summed E-state index contributed by atoms with van der Waals surface area (Å²) in [5, 5.41) is 59.8. The third-order valence-corrected chi connectivity index (χ3v) is 8.49. The molecule has 6 N–H and O–H groups in total. The summed E-state index contributed by atoms with van der Waals surface area (Å²) in [6, 6.07) is 6.39. The summed E-state index contributed by atoms with van der Waals surface area (Å²) in [5.74, 6) is -0.975. The number of ether oxygens (including phenoxy) is 4. The van der Waals surface area contributed by atoms with Crippen LogP contribution in [-0.2, 0) is 28.0 Å². The minimum Gasteiger partial charge on any atom is -0.394 e. The number of carbonyl (C=O) groups is 2. The van der Waals surface area contributed by atoms with Crippen LogP contribution in [0.2, 0.25) is 0 Å². The molecule has 0 saturated carbocycles. The summed E-state index contributed by atoms with van der Waals surface area (Å²) < 4.78 is 34.6. The standard InChI is InChI=1S/C29H48NO14P/c1-5-40-45(41-6-2)14-11-24(22(35)15-31)43-28(18(3)34)42-19(4)29(44-25(17-33)23(36)16-32)39-13-12-30-26(37)20-9-7-8-10-21(20)27(30)38/h7-10,18-19,22-25,28-29,31-36H,5-6,11-17H2,1-4H3/t18-,19-,22+,23+,24?,25?,28+,29+/m1/s1. The topological polar surface area (TPSA) is 214 Å². The number of hydrogen-bond donors (Lipinski definition) is 6. The lowest BCUT2D eigenvalue weighted by Crippen LogP contribution is -2.47. The average Bonchev–Trinajstić information content (AvgIpc) is 3.27. The van der Waals surface area contributed by atoms with Crippen molar-refractivity contribution in [3.05, 3.63) is 35.4 Å². The summed E-state index contributed by atoms with van der Waals surface area (Å²) in [6.07, 6.45) is -9.63. The molecule has 0 aliphatic carbocycles. The Morgan fingerprint density at radius 3 is 1.80 bits per heavy atom. The van der Waals surface area contributed by atoms with Crippen LogP contribution in [0.4, 0.5) is 0 Å². The first kappa shape index (κ1) is 39.5. The Balaban J connectivity index is 2.16. The van der Waals surface area contributed by atoms with Gasteiger partial charge in [-0.2, -0.15) is 0 Å². The van der Waals surface area contributed by atoms with E-state index in [0.717, 1.165) is 4.90 Å². The van der Waals surface area contributed by atoms with Gasteiger partial charge in [0.15, 0.2) is 21.0 Å². The van der Waals surface area contributed by atoms with Crippen LogP contribution in [0.5, 0.6) is 0 Å². The van der Waals surface area contributed by atoms with Crippen LogP contribution in [0.3, 0.4) is 0 Å². The van der Waals surface area contributed by atoms with Gasteiger partial charge in [0.1, 0.15) is 30.5 Å². The fraction of sp³-hybridized carbons (Fsp3) is 0.724. The molecule has 1 heterocycles. The van der Waals surface area contributed by atoms with Gasteiger partial charge in [-0.25, -0.2) is 0 Å². The van der Waals surface area contributed by atoms with Crippen LogP contribution < -0.4 is 0 Å². The monoisotopic (exact) mass is 665 g/mol. The fourth-order valence-electron chi connectivity index (χ4n) is 4.40. The van der Waals surface area contributed by atoms with Gasteiger partial charge in [0, 0.05) is 6.16 Å².